The minimum atomic E-state index is -0.617. The first kappa shape index (κ1) is 20.6. The molecule has 7 heteroatoms. The SMILES string of the molecule is CCOc1ccc(CN(C)C(=O)COC(=O)c2cc(Cl)nc3ccccc23)cc1. The Kier molecular flexibility index (Phi) is 6.67. The number of fused-ring (bicyclic) bond motifs is 1. The molecule has 1 amide bonds. The van der Waals surface area contributed by atoms with Gasteiger partial charge < -0.3 is 14.4 Å². The van der Waals surface area contributed by atoms with Crippen molar-refractivity contribution >= 4 is 34.4 Å². The summed E-state index contributed by atoms with van der Waals surface area (Å²) in [5.74, 6) is -0.146. The maximum absolute atomic E-state index is 12.5. The average Bonchev–Trinajstić information content (AvgIpc) is 2.72. The highest BCUT2D eigenvalue weighted by Crippen LogP contribution is 2.21. The second-order valence-corrected chi connectivity index (χ2v) is 6.80. The fourth-order valence-corrected chi connectivity index (χ4v) is 3.05. The van der Waals surface area contributed by atoms with E-state index in [2.05, 4.69) is 4.98 Å². The molecule has 0 saturated carbocycles. The Balaban J connectivity index is 1.60. The van der Waals surface area contributed by atoms with Gasteiger partial charge in [-0.05, 0) is 36.8 Å². The van der Waals surface area contributed by atoms with Crippen molar-refractivity contribution in [2.75, 3.05) is 20.3 Å². The number of esters is 1. The number of benzene rings is 2. The fraction of sp³-hybridized carbons (Fsp3) is 0.227. The summed E-state index contributed by atoms with van der Waals surface area (Å²) in [5.41, 5.74) is 1.82. The van der Waals surface area contributed by atoms with Crippen LogP contribution in [0.4, 0.5) is 0 Å². The highest BCUT2D eigenvalue weighted by atomic mass is 35.5. The molecule has 3 aromatic rings. The molecule has 2 aromatic carbocycles. The lowest BCUT2D eigenvalue weighted by molar-refractivity contribution is -0.133. The molecular weight excluding hydrogens is 392 g/mol. The third-order valence-corrected chi connectivity index (χ3v) is 4.51. The monoisotopic (exact) mass is 412 g/mol. The average molecular weight is 413 g/mol. The number of halogens is 1. The number of ether oxygens (including phenoxy) is 2. The summed E-state index contributed by atoms with van der Waals surface area (Å²) in [7, 11) is 1.66. The van der Waals surface area contributed by atoms with Gasteiger partial charge in [0.25, 0.3) is 5.91 Å². The lowest BCUT2D eigenvalue weighted by Crippen LogP contribution is -2.30. The van der Waals surface area contributed by atoms with Crippen LogP contribution in [0.3, 0.4) is 0 Å². The van der Waals surface area contributed by atoms with Crippen molar-refractivity contribution in [1.82, 2.24) is 9.88 Å². The topological polar surface area (TPSA) is 68.7 Å². The van der Waals surface area contributed by atoms with Crippen LogP contribution in [0, 0.1) is 0 Å². The van der Waals surface area contributed by atoms with Gasteiger partial charge in [0.05, 0.1) is 17.7 Å². The van der Waals surface area contributed by atoms with E-state index < -0.39 is 5.97 Å². The van der Waals surface area contributed by atoms with Crippen molar-refractivity contribution in [2.45, 2.75) is 13.5 Å². The highest BCUT2D eigenvalue weighted by molar-refractivity contribution is 6.30. The Labute approximate surface area is 174 Å². The van der Waals surface area contributed by atoms with Crippen LogP contribution in [0.5, 0.6) is 5.75 Å². The Morgan fingerprint density at radius 3 is 2.55 bits per heavy atom. The second kappa shape index (κ2) is 9.39. The van der Waals surface area contributed by atoms with E-state index in [9.17, 15) is 9.59 Å². The number of nitrogens with zero attached hydrogens (tertiary/aromatic N) is 2. The van der Waals surface area contributed by atoms with Crippen molar-refractivity contribution in [3.05, 3.63) is 70.9 Å². The fourth-order valence-electron chi connectivity index (χ4n) is 2.85. The van der Waals surface area contributed by atoms with Crippen LogP contribution < -0.4 is 4.74 Å². The number of aromatic nitrogens is 1. The predicted molar refractivity (Wildman–Crippen MR) is 111 cm³/mol. The standard InChI is InChI=1S/C22H21ClN2O4/c1-3-28-16-10-8-15(9-11-16)13-25(2)21(26)14-29-22(27)18-12-20(23)24-19-7-5-4-6-17(18)19/h4-12H,3,13-14H2,1-2H3. The number of hydrogen-bond acceptors (Lipinski definition) is 5. The number of para-hydroxylation sites is 1. The molecule has 6 nitrogen and oxygen atoms in total. The number of carbonyl (C=O) groups is 2. The molecule has 150 valence electrons. The summed E-state index contributed by atoms with van der Waals surface area (Å²) >= 11 is 6.00. The summed E-state index contributed by atoms with van der Waals surface area (Å²) < 4.78 is 10.6. The molecule has 1 aromatic heterocycles. The zero-order valence-electron chi connectivity index (χ0n) is 16.2. The molecule has 0 atom stereocenters. The van der Waals surface area contributed by atoms with Gasteiger partial charge in [0.2, 0.25) is 0 Å². The van der Waals surface area contributed by atoms with Gasteiger partial charge in [-0.2, -0.15) is 0 Å². The van der Waals surface area contributed by atoms with Crippen molar-refractivity contribution in [3.8, 4) is 5.75 Å². The summed E-state index contributed by atoms with van der Waals surface area (Å²) in [6.45, 7) is 2.55. The molecule has 1 heterocycles. The van der Waals surface area contributed by atoms with Crippen molar-refractivity contribution in [2.24, 2.45) is 0 Å². The zero-order valence-corrected chi connectivity index (χ0v) is 17.0. The van der Waals surface area contributed by atoms with E-state index >= 15 is 0 Å². The van der Waals surface area contributed by atoms with Gasteiger partial charge >= 0.3 is 5.97 Å². The molecule has 0 saturated heterocycles. The van der Waals surface area contributed by atoms with Gasteiger partial charge in [0.1, 0.15) is 10.9 Å². The summed E-state index contributed by atoms with van der Waals surface area (Å²) in [6.07, 6.45) is 0. The Hall–Kier alpha value is -3.12. The van der Waals surface area contributed by atoms with Crippen molar-refractivity contribution < 1.29 is 19.1 Å². The number of pyridine rings is 1. The number of amides is 1. The maximum atomic E-state index is 12.5. The molecule has 0 aliphatic rings. The van der Waals surface area contributed by atoms with Crippen LogP contribution in [-0.4, -0.2) is 42.0 Å². The van der Waals surface area contributed by atoms with Crippen molar-refractivity contribution in [1.29, 1.82) is 0 Å². The van der Waals surface area contributed by atoms with E-state index in [1.165, 1.54) is 11.0 Å². The first-order valence-corrected chi connectivity index (χ1v) is 9.54. The van der Waals surface area contributed by atoms with E-state index in [0.29, 0.717) is 24.1 Å². The van der Waals surface area contributed by atoms with Gasteiger partial charge in [-0.15, -0.1) is 0 Å². The molecule has 29 heavy (non-hydrogen) atoms. The number of rotatable bonds is 7. The molecule has 0 radical (unpaired) electrons. The van der Waals surface area contributed by atoms with E-state index in [1.807, 2.05) is 31.2 Å². The molecule has 0 aliphatic heterocycles. The molecule has 3 rings (SSSR count). The summed E-state index contributed by atoms with van der Waals surface area (Å²) in [6, 6.07) is 16.1. The van der Waals surface area contributed by atoms with Gasteiger partial charge in [0, 0.05) is 19.0 Å². The number of likely N-dealkylation sites (N-methyl/N-ethyl adjacent to an activating group) is 1. The number of hydrogen-bond donors (Lipinski definition) is 0. The van der Waals surface area contributed by atoms with Gasteiger partial charge in [0.15, 0.2) is 6.61 Å². The van der Waals surface area contributed by atoms with Gasteiger partial charge in [-0.3, -0.25) is 4.79 Å². The largest absolute Gasteiger partial charge is 0.494 e. The Morgan fingerprint density at radius 2 is 1.83 bits per heavy atom. The van der Waals surface area contributed by atoms with Crippen LogP contribution in [-0.2, 0) is 16.1 Å². The lowest BCUT2D eigenvalue weighted by atomic mass is 10.1. The normalized spacial score (nSPS) is 10.6. The van der Waals surface area contributed by atoms with Crippen molar-refractivity contribution in [3.63, 3.8) is 0 Å². The second-order valence-electron chi connectivity index (χ2n) is 6.41. The highest BCUT2D eigenvalue weighted by Gasteiger charge is 2.17. The first-order chi connectivity index (χ1) is 14.0. The van der Waals surface area contributed by atoms with Crippen LogP contribution in [0.2, 0.25) is 5.15 Å². The Bertz CT molecular complexity index is 1020. The van der Waals surface area contributed by atoms with E-state index in [-0.39, 0.29) is 23.2 Å². The molecule has 0 fully saturated rings. The summed E-state index contributed by atoms with van der Waals surface area (Å²) in [4.78, 5) is 30.6. The molecule has 0 spiro atoms. The number of carbonyl (C=O) groups excluding carboxylic acids is 2. The quantitative estimate of drug-likeness (QED) is 0.431. The van der Waals surface area contributed by atoms with E-state index in [1.54, 1.807) is 31.3 Å². The minimum absolute atomic E-state index is 0.189. The van der Waals surface area contributed by atoms with Crippen LogP contribution in [0.25, 0.3) is 10.9 Å². The predicted octanol–water partition coefficient (Wildman–Crippen LogP) is 4.10. The smallest absolute Gasteiger partial charge is 0.339 e. The summed E-state index contributed by atoms with van der Waals surface area (Å²) in [5, 5.41) is 0.812. The first-order valence-electron chi connectivity index (χ1n) is 9.16. The Morgan fingerprint density at radius 1 is 1.10 bits per heavy atom. The maximum Gasteiger partial charge on any atom is 0.339 e. The zero-order chi connectivity index (χ0) is 20.8. The van der Waals surface area contributed by atoms with Crippen LogP contribution in [0.15, 0.2) is 54.6 Å². The van der Waals surface area contributed by atoms with Crippen LogP contribution >= 0.6 is 11.6 Å². The van der Waals surface area contributed by atoms with Gasteiger partial charge in [-0.1, -0.05) is 41.9 Å². The lowest BCUT2D eigenvalue weighted by Gasteiger charge is -2.17. The van der Waals surface area contributed by atoms with E-state index in [4.69, 9.17) is 21.1 Å². The molecular formula is C22H21ClN2O4. The van der Waals surface area contributed by atoms with E-state index in [0.717, 1.165) is 11.3 Å². The third kappa shape index (κ3) is 5.23. The van der Waals surface area contributed by atoms with Crippen LogP contribution in [0.1, 0.15) is 22.8 Å². The molecule has 0 N–H and O–H groups in total. The minimum Gasteiger partial charge on any atom is -0.494 e. The molecule has 0 aliphatic carbocycles. The molecule has 0 unspecified atom stereocenters. The van der Waals surface area contributed by atoms with Gasteiger partial charge in [-0.25, -0.2) is 9.78 Å². The molecule has 0 bridgehead atoms. The third-order valence-electron chi connectivity index (χ3n) is 4.31.